The Hall–Kier alpha value is -2.44. The summed E-state index contributed by atoms with van der Waals surface area (Å²) in [5, 5.41) is 8.82. The van der Waals surface area contributed by atoms with Crippen LogP contribution in [0.3, 0.4) is 0 Å². The van der Waals surface area contributed by atoms with Gasteiger partial charge < -0.3 is 16.0 Å². The van der Waals surface area contributed by atoms with Crippen molar-refractivity contribution in [2.24, 2.45) is 0 Å². The topological polar surface area (TPSA) is 70.2 Å². The first kappa shape index (κ1) is 19.9. The highest BCUT2D eigenvalue weighted by atomic mass is 35.5. The fourth-order valence-corrected chi connectivity index (χ4v) is 2.73. The van der Waals surface area contributed by atoms with Crippen molar-refractivity contribution in [3.05, 3.63) is 65.5 Å². The van der Waals surface area contributed by atoms with Gasteiger partial charge in [0.15, 0.2) is 0 Å². The Morgan fingerprint density at radius 3 is 2.38 bits per heavy atom. The molecule has 1 aliphatic rings. The molecule has 1 heterocycles. The van der Waals surface area contributed by atoms with E-state index < -0.39 is 0 Å². The standard InChI is InChI=1S/C19H20FN3O2.ClH/c20-15-7-5-14(6-8-15)18(24)23-16-9-3-13(4-10-16)12-22-19(25)17-2-1-11-21-17;/h3-10,17,21H,1-2,11-12H2,(H,22,25)(H,23,24);1H. The number of anilines is 1. The summed E-state index contributed by atoms with van der Waals surface area (Å²) in [6.07, 6.45) is 1.90. The highest BCUT2D eigenvalue weighted by molar-refractivity contribution is 6.04. The minimum atomic E-state index is -0.379. The van der Waals surface area contributed by atoms with Crippen molar-refractivity contribution in [3.8, 4) is 0 Å². The van der Waals surface area contributed by atoms with E-state index in [9.17, 15) is 14.0 Å². The summed E-state index contributed by atoms with van der Waals surface area (Å²) in [6.45, 7) is 1.34. The quantitative estimate of drug-likeness (QED) is 0.750. The van der Waals surface area contributed by atoms with Crippen LogP contribution >= 0.6 is 12.4 Å². The van der Waals surface area contributed by atoms with Gasteiger partial charge in [-0.25, -0.2) is 4.39 Å². The molecule has 138 valence electrons. The third kappa shape index (κ3) is 5.28. The maximum Gasteiger partial charge on any atom is 0.255 e. The molecule has 2 aromatic carbocycles. The Kier molecular flexibility index (Phi) is 7.12. The van der Waals surface area contributed by atoms with Gasteiger partial charge in [0.25, 0.3) is 5.91 Å². The van der Waals surface area contributed by atoms with E-state index in [1.165, 1.54) is 24.3 Å². The number of hydrogen-bond donors (Lipinski definition) is 3. The molecule has 3 N–H and O–H groups in total. The Morgan fingerprint density at radius 2 is 1.77 bits per heavy atom. The molecule has 1 atom stereocenters. The van der Waals surface area contributed by atoms with Crippen LogP contribution in [0.1, 0.15) is 28.8 Å². The van der Waals surface area contributed by atoms with Crippen molar-refractivity contribution >= 4 is 29.9 Å². The zero-order valence-corrected chi connectivity index (χ0v) is 14.9. The van der Waals surface area contributed by atoms with E-state index in [2.05, 4.69) is 16.0 Å². The number of carbonyl (C=O) groups excluding carboxylic acids is 2. The molecule has 1 fully saturated rings. The van der Waals surface area contributed by atoms with Crippen LogP contribution in [0.15, 0.2) is 48.5 Å². The van der Waals surface area contributed by atoms with Gasteiger partial charge in [-0.1, -0.05) is 12.1 Å². The minimum Gasteiger partial charge on any atom is -0.351 e. The van der Waals surface area contributed by atoms with Crippen LogP contribution in [0.25, 0.3) is 0 Å². The fourth-order valence-electron chi connectivity index (χ4n) is 2.73. The molecule has 0 aliphatic carbocycles. The largest absolute Gasteiger partial charge is 0.351 e. The van der Waals surface area contributed by atoms with E-state index in [1.54, 1.807) is 12.1 Å². The summed E-state index contributed by atoms with van der Waals surface area (Å²) in [5.74, 6) is -0.657. The second-order valence-corrected chi connectivity index (χ2v) is 6.02. The van der Waals surface area contributed by atoms with Crippen LogP contribution in [0, 0.1) is 5.82 Å². The van der Waals surface area contributed by atoms with E-state index in [-0.39, 0.29) is 36.1 Å². The van der Waals surface area contributed by atoms with Gasteiger partial charge in [0.05, 0.1) is 6.04 Å². The molecule has 2 amide bonds. The molecule has 0 spiro atoms. The van der Waals surface area contributed by atoms with E-state index in [4.69, 9.17) is 0 Å². The maximum atomic E-state index is 12.9. The van der Waals surface area contributed by atoms with Gasteiger partial charge in [0.1, 0.15) is 5.82 Å². The summed E-state index contributed by atoms with van der Waals surface area (Å²) >= 11 is 0. The molecule has 26 heavy (non-hydrogen) atoms. The number of amides is 2. The molecule has 2 aromatic rings. The molecule has 0 bridgehead atoms. The molecule has 0 aromatic heterocycles. The number of rotatable bonds is 5. The Bertz CT molecular complexity index is 744. The highest BCUT2D eigenvalue weighted by Crippen LogP contribution is 2.12. The van der Waals surface area contributed by atoms with Crippen LogP contribution in [0.4, 0.5) is 10.1 Å². The molecule has 1 saturated heterocycles. The third-order valence-corrected chi connectivity index (χ3v) is 4.16. The maximum absolute atomic E-state index is 12.9. The summed E-state index contributed by atoms with van der Waals surface area (Å²) in [7, 11) is 0. The lowest BCUT2D eigenvalue weighted by molar-refractivity contribution is -0.122. The SMILES string of the molecule is Cl.O=C(Nc1ccc(CNC(=O)C2CCCN2)cc1)c1ccc(F)cc1. The van der Waals surface area contributed by atoms with Crippen molar-refractivity contribution in [1.29, 1.82) is 0 Å². The van der Waals surface area contributed by atoms with Gasteiger partial charge in [0, 0.05) is 17.8 Å². The second-order valence-electron chi connectivity index (χ2n) is 6.02. The Morgan fingerprint density at radius 1 is 1.08 bits per heavy atom. The molecule has 5 nitrogen and oxygen atoms in total. The van der Waals surface area contributed by atoms with Gasteiger partial charge in [-0.05, 0) is 61.3 Å². The number of carbonyl (C=O) groups is 2. The van der Waals surface area contributed by atoms with E-state index >= 15 is 0 Å². The second kappa shape index (κ2) is 9.31. The summed E-state index contributed by atoms with van der Waals surface area (Å²) in [6, 6.07) is 12.5. The zero-order chi connectivity index (χ0) is 17.6. The van der Waals surface area contributed by atoms with Gasteiger partial charge >= 0.3 is 0 Å². The van der Waals surface area contributed by atoms with Crippen molar-refractivity contribution in [3.63, 3.8) is 0 Å². The molecule has 1 unspecified atom stereocenters. The van der Waals surface area contributed by atoms with Crippen LogP contribution < -0.4 is 16.0 Å². The monoisotopic (exact) mass is 377 g/mol. The summed E-state index contributed by atoms with van der Waals surface area (Å²) < 4.78 is 12.9. The van der Waals surface area contributed by atoms with Gasteiger partial charge in [-0.3, -0.25) is 9.59 Å². The number of nitrogens with one attached hydrogen (secondary N) is 3. The predicted octanol–water partition coefficient (Wildman–Crippen LogP) is 2.87. The van der Waals surface area contributed by atoms with Crippen LogP contribution in [0.5, 0.6) is 0 Å². The van der Waals surface area contributed by atoms with E-state index in [0.29, 0.717) is 17.8 Å². The Labute approximate surface area is 157 Å². The van der Waals surface area contributed by atoms with Gasteiger partial charge in [-0.2, -0.15) is 0 Å². The van der Waals surface area contributed by atoms with Gasteiger partial charge in [-0.15, -0.1) is 12.4 Å². The van der Waals surface area contributed by atoms with Crippen molar-refractivity contribution < 1.29 is 14.0 Å². The smallest absolute Gasteiger partial charge is 0.255 e. The van der Waals surface area contributed by atoms with E-state index in [1.807, 2.05) is 12.1 Å². The number of hydrogen-bond acceptors (Lipinski definition) is 3. The number of halogens is 2. The lowest BCUT2D eigenvalue weighted by Gasteiger charge is -2.11. The summed E-state index contributed by atoms with van der Waals surface area (Å²) in [4.78, 5) is 24.0. The van der Waals surface area contributed by atoms with Crippen LogP contribution in [0.2, 0.25) is 0 Å². The third-order valence-electron chi connectivity index (χ3n) is 4.16. The minimum absolute atomic E-state index is 0. The average molecular weight is 378 g/mol. The lowest BCUT2D eigenvalue weighted by Crippen LogP contribution is -2.39. The molecular formula is C19H21ClFN3O2. The zero-order valence-electron chi connectivity index (χ0n) is 14.1. The molecular weight excluding hydrogens is 357 g/mol. The number of benzene rings is 2. The van der Waals surface area contributed by atoms with Crippen molar-refractivity contribution in [1.82, 2.24) is 10.6 Å². The van der Waals surface area contributed by atoms with Crippen LogP contribution in [-0.2, 0) is 11.3 Å². The average Bonchev–Trinajstić information content (AvgIpc) is 3.16. The fraction of sp³-hybridized carbons (Fsp3) is 0.263. The highest BCUT2D eigenvalue weighted by Gasteiger charge is 2.21. The van der Waals surface area contributed by atoms with Crippen molar-refractivity contribution in [2.75, 3.05) is 11.9 Å². The molecule has 7 heteroatoms. The van der Waals surface area contributed by atoms with Crippen molar-refractivity contribution in [2.45, 2.75) is 25.4 Å². The first-order valence-corrected chi connectivity index (χ1v) is 8.29. The molecule has 3 rings (SSSR count). The first-order valence-electron chi connectivity index (χ1n) is 8.29. The first-order chi connectivity index (χ1) is 12.1. The predicted molar refractivity (Wildman–Crippen MR) is 101 cm³/mol. The van der Waals surface area contributed by atoms with E-state index in [0.717, 1.165) is 24.9 Å². The lowest BCUT2D eigenvalue weighted by atomic mass is 10.1. The van der Waals surface area contributed by atoms with Gasteiger partial charge in [0.2, 0.25) is 5.91 Å². The molecule has 0 radical (unpaired) electrons. The summed E-state index contributed by atoms with van der Waals surface area (Å²) in [5.41, 5.74) is 1.98. The molecule has 0 saturated carbocycles. The Balaban J connectivity index is 0.00000243. The normalized spacial score (nSPS) is 15.8. The van der Waals surface area contributed by atoms with Crippen LogP contribution in [-0.4, -0.2) is 24.4 Å². The molecule has 1 aliphatic heterocycles.